The molecule has 4 nitrogen and oxygen atoms in total. The van der Waals surface area contributed by atoms with Gasteiger partial charge in [-0.2, -0.15) is 4.31 Å². The maximum Gasteiger partial charge on any atom is 0.252 e. The molecule has 0 aliphatic heterocycles. The van der Waals surface area contributed by atoms with Crippen LogP contribution in [-0.2, 0) is 10.0 Å². The maximum atomic E-state index is 12.4. The number of sulfonamides is 1. The molecule has 1 aliphatic carbocycles. The first-order valence-electron chi connectivity index (χ1n) is 6.41. The Morgan fingerprint density at radius 2 is 1.83 bits per heavy atom. The molecule has 7 heteroatoms. The molecule has 0 unspecified atom stereocenters. The molecule has 0 atom stereocenters. The van der Waals surface area contributed by atoms with Crippen LogP contribution >= 0.6 is 0 Å². The summed E-state index contributed by atoms with van der Waals surface area (Å²) in [6.07, 6.45) is 2.31. The third kappa shape index (κ3) is 5.16. The van der Waals surface area contributed by atoms with Crippen LogP contribution in [0.4, 0.5) is 8.78 Å². The van der Waals surface area contributed by atoms with Crippen LogP contribution in [0.1, 0.15) is 32.1 Å². The molecule has 18 heavy (non-hydrogen) atoms. The number of halogens is 2. The number of hydrogen-bond donors (Lipinski definition) is 1. The number of nitrogens with zero attached hydrogens (tertiary/aromatic N) is 1. The number of alkyl halides is 2. The fraction of sp³-hybridized carbons (Fsp3) is 1.00. The van der Waals surface area contributed by atoms with Crippen LogP contribution in [0, 0.1) is 5.92 Å². The van der Waals surface area contributed by atoms with Crippen molar-refractivity contribution in [1.82, 2.24) is 4.31 Å². The van der Waals surface area contributed by atoms with E-state index in [4.69, 9.17) is 5.73 Å². The first-order chi connectivity index (χ1) is 8.45. The van der Waals surface area contributed by atoms with E-state index < -0.39 is 23.0 Å². The van der Waals surface area contributed by atoms with Gasteiger partial charge in [0.2, 0.25) is 10.0 Å². The van der Waals surface area contributed by atoms with Gasteiger partial charge in [0.05, 0.1) is 12.3 Å². The van der Waals surface area contributed by atoms with Crippen molar-refractivity contribution in [3.8, 4) is 0 Å². The van der Waals surface area contributed by atoms with Crippen molar-refractivity contribution >= 4 is 10.0 Å². The Bertz CT molecular complexity index is 330. The van der Waals surface area contributed by atoms with Crippen molar-refractivity contribution < 1.29 is 17.2 Å². The lowest BCUT2D eigenvalue weighted by Crippen LogP contribution is -2.41. The summed E-state index contributed by atoms with van der Waals surface area (Å²) in [5.41, 5.74) is 5.28. The summed E-state index contributed by atoms with van der Waals surface area (Å²) in [6.45, 7) is -0.706. The van der Waals surface area contributed by atoms with Gasteiger partial charge in [-0.05, 0) is 18.8 Å². The molecule has 0 bridgehead atoms. The highest BCUT2D eigenvalue weighted by Gasteiger charge is 2.28. The van der Waals surface area contributed by atoms with Gasteiger partial charge >= 0.3 is 0 Å². The van der Waals surface area contributed by atoms with Crippen molar-refractivity contribution in [3.05, 3.63) is 0 Å². The van der Waals surface area contributed by atoms with Crippen molar-refractivity contribution in [1.29, 1.82) is 0 Å². The maximum absolute atomic E-state index is 12.4. The Kier molecular flexibility index (Phi) is 6.45. The van der Waals surface area contributed by atoms with Crippen molar-refractivity contribution in [2.45, 2.75) is 38.5 Å². The normalized spacial score (nSPS) is 18.7. The zero-order chi connectivity index (χ0) is 13.6. The Hall–Kier alpha value is -0.270. The molecule has 1 saturated carbocycles. The summed E-state index contributed by atoms with van der Waals surface area (Å²) < 4.78 is 49.7. The first kappa shape index (κ1) is 15.8. The van der Waals surface area contributed by atoms with Crippen molar-refractivity contribution in [2.75, 3.05) is 25.4 Å². The van der Waals surface area contributed by atoms with E-state index in [2.05, 4.69) is 0 Å². The van der Waals surface area contributed by atoms with E-state index in [-0.39, 0.29) is 24.8 Å². The van der Waals surface area contributed by atoms with E-state index in [1.165, 1.54) is 0 Å². The summed E-state index contributed by atoms with van der Waals surface area (Å²) in [5.74, 6) is 0.0985. The topological polar surface area (TPSA) is 63.4 Å². The number of rotatable bonds is 7. The third-order valence-corrected chi connectivity index (χ3v) is 5.30. The van der Waals surface area contributed by atoms with E-state index in [9.17, 15) is 17.2 Å². The Balaban J connectivity index is 2.61. The smallest absolute Gasteiger partial charge is 0.252 e. The van der Waals surface area contributed by atoms with Gasteiger partial charge < -0.3 is 5.73 Å². The van der Waals surface area contributed by atoms with Crippen molar-refractivity contribution in [2.24, 2.45) is 11.7 Å². The highest BCUT2D eigenvalue weighted by molar-refractivity contribution is 7.89. The molecule has 0 radical (unpaired) electrons. The predicted molar refractivity (Wildman–Crippen MR) is 67.0 cm³/mol. The quantitative estimate of drug-likeness (QED) is 0.769. The van der Waals surface area contributed by atoms with Crippen LogP contribution in [0.3, 0.4) is 0 Å². The summed E-state index contributed by atoms with van der Waals surface area (Å²) in [7, 11) is -3.61. The minimum Gasteiger partial charge on any atom is -0.329 e. The lowest BCUT2D eigenvalue weighted by atomic mass is 9.91. The molecule has 1 aliphatic rings. The molecule has 0 aromatic carbocycles. The molecule has 0 aromatic rings. The van der Waals surface area contributed by atoms with Gasteiger partial charge in [-0.1, -0.05) is 19.3 Å². The zero-order valence-electron chi connectivity index (χ0n) is 10.5. The third-order valence-electron chi connectivity index (χ3n) is 3.28. The molecule has 2 N–H and O–H groups in total. The Morgan fingerprint density at radius 1 is 1.22 bits per heavy atom. The van der Waals surface area contributed by atoms with Gasteiger partial charge in [-0.15, -0.1) is 0 Å². The summed E-state index contributed by atoms with van der Waals surface area (Å²) in [6, 6.07) is 0. The highest BCUT2D eigenvalue weighted by atomic mass is 32.2. The average molecular weight is 284 g/mol. The van der Waals surface area contributed by atoms with Crippen LogP contribution in [0.25, 0.3) is 0 Å². The predicted octanol–water partition coefficient (Wildman–Crippen LogP) is 1.42. The lowest BCUT2D eigenvalue weighted by molar-refractivity contribution is 0.120. The van der Waals surface area contributed by atoms with Crippen LogP contribution in [-0.4, -0.2) is 44.5 Å². The Morgan fingerprint density at radius 3 is 2.33 bits per heavy atom. The molecule has 0 heterocycles. The van der Waals surface area contributed by atoms with E-state index in [1.807, 2.05) is 0 Å². The fourth-order valence-corrected chi connectivity index (χ4v) is 4.26. The largest absolute Gasteiger partial charge is 0.329 e. The molecule has 0 saturated heterocycles. The van der Waals surface area contributed by atoms with E-state index >= 15 is 0 Å². The first-order valence-corrected chi connectivity index (χ1v) is 8.02. The summed E-state index contributed by atoms with van der Waals surface area (Å²) in [5, 5.41) is 0. The number of nitrogens with two attached hydrogens (primary N) is 1. The number of hydrogen-bond acceptors (Lipinski definition) is 3. The van der Waals surface area contributed by atoms with Crippen LogP contribution in [0.2, 0.25) is 0 Å². The van der Waals surface area contributed by atoms with Gasteiger partial charge in [0, 0.05) is 13.1 Å². The molecule has 1 fully saturated rings. The van der Waals surface area contributed by atoms with Gasteiger partial charge in [0.15, 0.2) is 0 Å². The molecular weight excluding hydrogens is 262 g/mol. The second-order valence-electron chi connectivity index (χ2n) is 4.82. The second-order valence-corrected chi connectivity index (χ2v) is 6.83. The van der Waals surface area contributed by atoms with E-state index in [0.29, 0.717) is 0 Å². The average Bonchev–Trinajstić information content (AvgIpc) is 2.28. The van der Waals surface area contributed by atoms with Gasteiger partial charge in [0.25, 0.3) is 6.43 Å². The molecule has 108 valence electrons. The van der Waals surface area contributed by atoms with Gasteiger partial charge in [-0.25, -0.2) is 17.2 Å². The lowest BCUT2D eigenvalue weighted by Gasteiger charge is -2.26. The van der Waals surface area contributed by atoms with Crippen LogP contribution < -0.4 is 5.73 Å². The van der Waals surface area contributed by atoms with Crippen molar-refractivity contribution in [3.63, 3.8) is 0 Å². The minimum absolute atomic E-state index is 0.0142. The summed E-state index contributed by atoms with van der Waals surface area (Å²) in [4.78, 5) is 0. The zero-order valence-corrected chi connectivity index (χ0v) is 11.3. The van der Waals surface area contributed by atoms with E-state index in [1.54, 1.807) is 0 Å². The van der Waals surface area contributed by atoms with Gasteiger partial charge in [0.1, 0.15) is 0 Å². The molecular formula is C11H22F2N2O2S. The second kappa shape index (κ2) is 7.35. The van der Waals surface area contributed by atoms with Gasteiger partial charge in [-0.3, -0.25) is 0 Å². The standard InChI is InChI=1S/C11H22F2N2O2S/c12-11(13)8-15(7-6-14)18(16,17)9-10-4-2-1-3-5-10/h10-11H,1-9,14H2. The molecule has 0 aromatic heterocycles. The van der Waals surface area contributed by atoms with Crippen LogP contribution in [0.5, 0.6) is 0 Å². The Labute approximate surface area is 108 Å². The van der Waals surface area contributed by atoms with Crippen LogP contribution in [0.15, 0.2) is 0 Å². The minimum atomic E-state index is -3.61. The molecule has 0 spiro atoms. The summed E-state index contributed by atoms with van der Waals surface area (Å²) >= 11 is 0. The highest BCUT2D eigenvalue weighted by Crippen LogP contribution is 2.25. The SMILES string of the molecule is NCCN(CC(F)F)S(=O)(=O)CC1CCCCC1. The van der Waals surface area contributed by atoms with E-state index in [0.717, 1.165) is 36.4 Å². The fourth-order valence-electron chi connectivity index (χ4n) is 2.40. The monoisotopic (exact) mass is 284 g/mol. The molecule has 0 amide bonds. The molecule has 1 rings (SSSR count).